The Morgan fingerprint density at radius 1 is 1.00 bits per heavy atom. The first-order valence-electron chi connectivity index (χ1n) is 11.5. The number of rotatable bonds is 6. The van der Waals surface area contributed by atoms with Crippen LogP contribution in [-0.4, -0.2) is 59.5 Å². The molecule has 3 aromatic rings. The number of halogens is 1. The fraction of sp³-hybridized carbons (Fsp3) is 0.296. The first-order valence-corrected chi connectivity index (χ1v) is 11.9. The first-order chi connectivity index (χ1) is 16.9. The van der Waals surface area contributed by atoms with Crippen molar-refractivity contribution >= 4 is 23.5 Å². The van der Waals surface area contributed by atoms with Gasteiger partial charge >= 0.3 is 5.97 Å². The van der Waals surface area contributed by atoms with Crippen LogP contribution in [0.4, 0.5) is 0 Å². The van der Waals surface area contributed by atoms with Crippen LogP contribution in [0.2, 0.25) is 5.02 Å². The van der Waals surface area contributed by atoms with Gasteiger partial charge in [-0.2, -0.15) is 0 Å². The van der Waals surface area contributed by atoms with E-state index in [1.807, 2.05) is 54.3 Å². The molecular weight excluding hydrogens is 466 g/mol. The second-order valence-corrected chi connectivity index (χ2v) is 9.03. The zero-order valence-corrected chi connectivity index (χ0v) is 20.6. The van der Waals surface area contributed by atoms with Crippen LogP contribution in [0.1, 0.15) is 33.1 Å². The molecule has 2 heterocycles. The van der Waals surface area contributed by atoms with Crippen molar-refractivity contribution in [3.63, 3.8) is 0 Å². The lowest BCUT2D eigenvalue weighted by molar-refractivity contribution is -0.148. The number of piperazine rings is 1. The topological polar surface area (TPSA) is 71.8 Å². The van der Waals surface area contributed by atoms with Gasteiger partial charge in [-0.25, -0.2) is 4.79 Å². The molecule has 35 heavy (non-hydrogen) atoms. The van der Waals surface area contributed by atoms with Crippen LogP contribution in [0.25, 0.3) is 0 Å². The van der Waals surface area contributed by atoms with Crippen molar-refractivity contribution in [2.24, 2.45) is 0 Å². The SMILES string of the molecule is COC(=O)C(c1ccccc1Cl)N1CCN(C(=O)c2cccn(Cc3cccc(C)c3)c2=O)CC1. The summed E-state index contributed by atoms with van der Waals surface area (Å²) < 4.78 is 6.60. The highest BCUT2D eigenvalue weighted by Crippen LogP contribution is 2.29. The number of carbonyl (C=O) groups excluding carboxylic acids is 2. The molecule has 8 heteroatoms. The molecule has 1 aliphatic heterocycles. The monoisotopic (exact) mass is 493 g/mol. The summed E-state index contributed by atoms with van der Waals surface area (Å²) in [5.41, 5.74) is 2.61. The molecule has 0 N–H and O–H groups in total. The lowest BCUT2D eigenvalue weighted by Gasteiger charge is -2.38. The predicted octanol–water partition coefficient (Wildman–Crippen LogP) is 3.53. The Morgan fingerprint density at radius 3 is 2.43 bits per heavy atom. The number of esters is 1. The van der Waals surface area contributed by atoms with Crippen molar-refractivity contribution in [3.8, 4) is 0 Å². The fourth-order valence-corrected chi connectivity index (χ4v) is 4.71. The lowest BCUT2D eigenvalue weighted by atomic mass is 10.0. The minimum Gasteiger partial charge on any atom is -0.468 e. The molecule has 0 saturated carbocycles. The standard InChI is InChI=1S/C27H28ClN3O4/c1-19-7-5-8-20(17-19)18-31-12-6-10-22(26(31)33)25(32)30-15-13-29(14-16-30)24(27(34)35-2)21-9-3-4-11-23(21)28/h3-12,17,24H,13-16,18H2,1-2H3. The fourth-order valence-electron chi connectivity index (χ4n) is 4.47. The normalized spacial score (nSPS) is 15.0. The van der Waals surface area contributed by atoms with Crippen molar-refractivity contribution in [1.29, 1.82) is 0 Å². The van der Waals surface area contributed by atoms with Gasteiger partial charge in [0.05, 0.1) is 13.7 Å². The molecular formula is C27H28ClN3O4. The van der Waals surface area contributed by atoms with E-state index in [0.29, 0.717) is 43.3 Å². The summed E-state index contributed by atoms with van der Waals surface area (Å²) >= 11 is 6.36. The molecule has 0 aliphatic carbocycles. The van der Waals surface area contributed by atoms with E-state index in [1.165, 1.54) is 7.11 Å². The summed E-state index contributed by atoms with van der Waals surface area (Å²) in [5, 5.41) is 0.486. The molecule has 1 unspecified atom stereocenters. The number of pyridine rings is 1. The maximum Gasteiger partial charge on any atom is 0.327 e. The Kier molecular flexibility index (Phi) is 7.68. The van der Waals surface area contributed by atoms with Crippen molar-refractivity contribution in [2.75, 3.05) is 33.3 Å². The first kappa shape index (κ1) is 24.7. The number of aryl methyl sites for hydroxylation is 1. The molecule has 1 aromatic heterocycles. The summed E-state index contributed by atoms with van der Waals surface area (Å²) in [5.74, 6) is -0.708. The summed E-state index contributed by atoms with van der Waals surface area (Å²) in [6.45, 7) is 4.05. The van der Waals surface area contributed by atoms with Gasteiger partial charge in [-0.3, -0.25) is 14.5 Å². The zero-order valence-electron chi connectivity index (χ0n) is 19.8. The molecule has 1 atom stereocenters. The minimum absolute atomic E-state index is 0.143. The molecule has 182 valence electrons. The number of carbonyl (C=O) groups is 2. The van der Waals surface area contributed by atoms with Gasteiger partial charge in [0.1, 0.15) is 11.6 Å². The highest BCUT2D eigenvalue weighted by atomic mass is 35.5. The smallest absolute Gasteiger partial charge is 0.327 e. The lowest BCUT2D eigenvalue weighted by Crippen LogP contribution is -2.52. The van der Waals surface area contributed by atoms with E-state index in [-0.39, 0.29) is 17.0 Å². The Balaban J connectivity index is 1.49. The third-order valence-electron chi connectivity index (χ3n) is 6.28. The van der Waals surface area contributed by atoms with Gasteiger partial charge in [-0.1, -0.05) is 59.6 Å². The summed E-state index contributed by atoms with van der Waals surface area (Å²) in [7, 11) is 1.35. The van der Waals surface area contributed by atoms with Gasteiger partial charge in [0.25, 0.3) is 11.5 Å². The van der Waals surface area contributed by atoms with Crippen molar-refractivity contribution in [3.05, 3.63) is 104 Å². The number of methoxy groups -OCH3 is 1. The minimum atomic E-state index is -0.658. The molecule has 4 rings (SSSR count). The average molecular weight is 494 g/mol. The van der Waals surface area contributed by atoms with Crippen LogP contribution in [-0.2, 0) is 16.1 Å². The highest BCUT2D eigenvalue weighted by Gasteiger charge is 2.34. The molecule has 0 radical (unpaired) electrons. The second-order valence-electron chi connectivity index (χ2n) is 8.62. The molecule has 1 aliphatic rings. The molecule has 0 bridgehead atoms. The third kappa shape index (κ3) is 5.47. The van der Waals surface area contributed by atoms with Gasteiger partial charge < -0.3 is 14.2 Å². The van der Waals surface area contributed by atoms with E-state index in [1.54, 1.807) is 33.9 Å². The van der Waals surface area contributed by atoms with E-state index >= 15 is 0 Å². The summed E-state index contributed by atoms with van der Waals surface area (Å²) in [4.78, 5) is 42.6. The van der Waals surface area contributed by atoms with Crippen molar-refractivity contribution in [2.45, 2.75) is 19.5 Å². The Morgan fingerprint density at radius 2 is 1.74 bits per heavy atom. The van der Waals surface area contributed by atoms with Crippen LogP contribution in [0, 0.1) is 6.92 Å². The van der Waals surface area contributed by atoms with E-state index in [4.69, 9.17) is 16.3 Å². The Bertz CT molecular complexity index is 1280. The molecule has 1 fully saturated rings. The van der Waals surface area contributed by atoms with Crippen molar-refractivity contribution in [1.82, 2.24) is 14.4 Å². The average Bonchev–Trinajstić information content (AvgIpc) is 2.86. The number of nitrogens with zero attached hydrogens (tertiary/aromatic N) is 3. The van der Waals surface area contributed by atoms with Crippen LogP contribution in [0.5, 0.6) is 0 Å². The Labute approximate surface area is 209 Å². The van der Waals surface area contributed by atoms with Gasteiger partial charge in [0.15, 0.2) is 0 Å². The summed E-state index contributed by atoms with van der Waals surface area (Å²) in [6, 6.07) is 17.8. The van der Waals surface area contributed by atoms with Gasteiger partial charge in [0.2, 0.25) is 0 Å². The predicted molar refractivity (Wildman–Crippen MR) is 135 cm³/mol. The van der Waals surface area contributed by atoms with Crippen LogP contribution in [0.3, 0.4) is 0 Å². The third-order valence-corrected chi connectivity index (χ3v) is 6.62. The number of ether oxygens (including phenoxy) is 1. The van der Waals surface area contributed by atoms with Crippen LogP contribution in [0.15, 0.2) is 71.7 Å². The maximum absolute atomic E-state index is 13.3. The molecule has 1 saturated heterocycles. The summed E-state index contributed by atoms with van der Waals surface area (Å²) in [6.07, 6.45) is 1.70. The van der Waals surface area contributed by atoms with E-state index in [2.05, 4.69) is 0 Å². The molecule has 2 aromatic carbocycles. The Hall–Kier alpha value is -3.42. The quantitative estimate of drug-likeness (QED) is 0.491. The number of aromatic nitrogens is 1. The number of hydrogen-bond acceptors (Lipinski definition) is 5. The largest absolute Gasteiger partial charge is 0.468 e. The van der Waals surface area contributed by atoms with Crippen LogP contribution >= 0.6 is 11.6 Å². The van der Waals surface area contributed by atoms with E-state index in [0.717, 1.165) is 11.1 Å². The highest BCUT2D eigenvalue weighted by molar-refractivity contribution is 6.31. The number of benzene rings is 2. The zero-order chi connectivity index (χ0) is 24.9. The van der Waals surface area contributed by atoms with Crippen molar-refractivity contribution < 1.29 is 14.3 Å². The second kappa shape index (κ2) is 10.9. The number of amides is 1. The number of hydrogen-bond donors (Lipinski definition) is 0. The van der Waals surface area contributed by atoms with Gasteiger partial charge in [-0.05, 0) is 36.2 Å². The molecule has 7 nitrogen and oxygen atoms in total. The van der Waals surface area contributed by atoms with E-state index in [9.17, 15) is 14.4 Å². The van der Waals surface area contributed by atoms with Gasteiger partial charge in [0, 0.05) is 37.4 Å². The molecule has 1 amide bonds. The van der Waals surface area contributed by atoms with Gasteiger partial charge in [-0.15, -0.1) is 0 Å². The molecule has 0 spiro atoms. The maximum atomic E-state index is 13.3. The van der Waals surface area contributed by atoms with Crippen LogP contribution < -0.4 is 5.56 Å². The van der Waals surface area contributed by atoms with E-state index < -0.39 is 12.0 Å².